The molecule has 1 amide bonds. The van der Waals surface area contributed by atoms with Crippen molar-refractivity contribution in [2.45, 2.75) is 51.2 Å². The second kappa shape index (κ2) is 10.1. The summed E-state index contributed by atoms with van der Waals surface area (Å²) in [5.74, 6) is -0.530. The molecule has 2 aliphatic heterocycles. The van der Waals surface area contributed by atoms with Crippen molar-refractivity contribution in [1.29, 1.82) is 0 Å². The van der Waals surface area contributed by atoms with E-state index in [0.29, 0.717) is 24.5 Å². The molecule has 0 unspecified atom stereocenters. The molecule has 0 aromatic carbocycles. The summed E-state index contributed by atoms with van der Waals surface area (Å²) in [6.45, 7) is 1.61. The largest absolute Gasteiger partial charge is 0.481 e. The van der Waals surface area contributed by atoms with E-state index in [2.05, 4.69) is 20.0 Å². The monoisotopic (exact) mass is 527 g/mol. The predicted octanol–water partition coefficient (Wildman–Crippen LogP) is 4.73. The number of alkyl halides is 2. The summed E-state index contributed by atoms with van der Waals surface area (Å²) in [6, 6.07) is 8.18. The van der Waals surface area contributed by atoms with Crippen LogP contribution < -0.4 is 14.8 Å². The summed E-state index contributed by atoms with van der Waals surface area (Å²) < 4.78 is 49.2. The van der Waals surface area contributed by atoms with Gasteiger partial charge in [0.2, 0.25) is 17.7 Å². The van der Waals surface area contributed by atoms with Gasteiger partial charge in [-0.15, -0.1) is 0 Å². The van der Waals surface area contributed by atoms with E-state index in [9.17, 15) is 18.0 Å². The van der Waals surface area contributed by atoms with Crippen molar-refractivity contribution < 1.29 is 27.4 Å². The summed E-state index contributed by atoms with van der Waals surface area (Å²) >= 11 is 0. The van der Waals surface area contributed by atoms with E-state index in [4.69, 9.17) is 9.72 Å². The average Bonchev–Trinajstić information content (AvgIpc) is 3.30. The first-order valence-electron chi connectivity index (χ1n) is 12.4. The molecule has 0 radical (unpaired) electrons. The van der Waals surface area contributed by atoms with E-state index in [1.165, 1.54) is 19.2 Å². The Hall–Kier alpha value is -3.89. The Labute approximate surface area is 218 Å². The Bertz CT molecular complexity index is 1370. The van der Waals surface area contributed by atoms with Crippen LogP contribution in [0, 0.1) is 12.7 Å². The zero-order valence-electron chi connectivity index (χ0n) is 21.3. The molecule has 3 aromatic rings. The van der Waals surface area contributed by atoms with Gasteiger partial charge in [0.05, 0.1) is 30.5 Å². The normalized spacial score (nSPS) is 19.3. The van der Waals surface area contributed by atoms with Crippen molar-refractivity contribution >= 4 is 11.7 Å². The van der Waals surface area contributed by atoms with Crippen molar-refractivity contribution in [3.05, 3.63) is 59.2 Å². The molecular weight excluding hydrogens is 499 g/mol. The van der Waals surface area contributed by atoms with Gasteiger partial charge in [-0.3, -0.25) is 4.79 Å². The van der Waals surface area contributed by atoms with Gasteiger partial charge in [-0.05, 0) is 50.8 Å². The molecule has 5 rings (SSSR count). The minimum Gasteiger partial charge on any atom is -0.481 e. The number of carbonyl (C=O) groups excluding carboxylic acids is 1. The van der Waals surface area contributed by atoms with Crippen molar-refractivity contribution in [1.82, 2.24) is 19.9 Å². The van der Waals surface area contributed by atoms with Gasteiger partial charge in [0.1, 0.15) is 11.6 Å². The van der Waals surface area contributed by atoms with Crippen LogP contribution in [0.25, 0.3) is 11.3 Å². The number of hydrogen-bond acceptors (Lipinski definition) is 7. The molecule has 0 bridgehead atoms. The predicted molar refractivity (Wildman–Crippen MR) is 134 cm³/mol. The highest BCUT2D eigenvalue weighted by Gasteiger charge is 2.43. The van der Waals surface area contributed by atoms with Crippen molar-refractivity contribution in [2.75, 3.05) is 25.5 Å². The van der Waals surface area contributed by atoms with Gasteiger partial charge in [-0.1, -0.05) is 6.07 Å². The van der Waals surface area contributed by atoms with Gasteiger partial charge in [0.15, 0.2) is 0 Å². The van der Waals surface area contributed by atoms with Crippen LogP contribution in [0.5, 0.6) is 11.8 Å². The third-order valence-electron chi connectivity index (χ3n) is 7.33. The van der Waals surface area contributed by atoms with E-state index in [0.717, 1.165) is 42.4 Å². The smallest absolute Gasteiger partial charge is 0.388 e. The lowest BCUT2D eigenvalue weighted by Gasteiger charge is -2.36. The SMILES string of the molecule is COc1cc([C@@H](C)C(=O)N2CC[C@@]3(CCc4cc(-c5cccc(OC(F)F)n5)c(C)nc4N3)C2)c(F)cn1. The number of halogens is 3. The van der Waals surface area contributed by atoms with E-state index < -0.39 is 18.3 Å². The number of rotatable bonds is 6. The second-order valence-corrected chi connectivity index (χ2v) is 9.75. The topological polar surface area (TPSA) is 89.5 Å². The number of likely N-dealkylation sites (tertiary alicyclic amines) is 1. The van der Waals surface area contributed by atoms with Crippen molar-refractivity contribution in [2.24, 2.45) is 0 Å². The summed E-state index contributed by atoms with van der Waals surface area (Å²) in [7, 11) is 1.45. The van der Waals surface area contributed by atoms with E-state index in [1.807, 2.05) is 13.0 Å². The fourth-order valence-corrected chi connectivity index (χ4v) is 5.27. The number of methoxy groups -OCH3 is 1. The average molecular weight is 528 g/mol. The first-order chi connectivity index (χ1) is 18.2. The summed E-state index contributed by atoms with van der Waals surface area (Å²) in [5.41, 5.74) is 2.85. The number of nitrogens with zero attached hydrogens (tertiary/aromatic N) is 4. The van der Waals surface area contributed by atoms with Crippen LogP contribution in [0.3, 0.4) is 0 Å². The quantitative estimate of drug-likeness (QED) is 0.496. The molecule has 0 saturated carbocycles. The molecule has 3 aromatic heterocycles. The fourth-order valence-electron chi connectivity index (χ4n) is 5.27. The first kappa shape index (κ1) is 25.7. The van der Waals surface area contributed by atoms with Gasteiger partial charge >= 0.3 is 6.61 Å². The van der Waals surface area contributed by atoms with Crippen LogP contribution in [-0.2, 0) is 11.2 Å². The number of aryl methyl sites for hydroxylation is 2. The first-order valence-corrected chi connectivity index (χ1v) is 12.4. The number of anilines is 1. The van der Waals surface area contributed by atoms with E-state index >= 15 is 0 Å². The molecule has 5 heterocycles. The third-order valence-corrected chi connectivity index (χ3v) is 7.33. The Balaban J connectivity index is 1.32. The number of aromatic nitrogens is 3. The summed E-state index contributed by atoms with van der Waals surface area (Å²) in [5, 5.41) is 3.57. The van der Waals surface area contributed by atoms with Crippen LogP contribution in [0.2, 0.25) is 0 Å². The lowest BCUT2D eigenvalue weighted by atomic mass is 9.86. The minimum absolute atomic E-state index is 0.151. The van der Waals surface area contributed by atoms with E-state index in [1.54, 1.807) is 24.0 Å². The van der Waals surface area contributed by atoms with Crippen molar-refractivity contribution in [3.63, 3.8) is 0 Å². The maximum absolute atomic E-state index is 14.4. The molecule has 1 spiro atoms. The lowest BCUT2D eigenvalue weighted by Crippen LogP contribution is -2.46. The van der Waals surface area contributed by atoms with Crippen LogP contribution >= 0.6 is 0 Å². The van der Waals surface area contributed by atoms with Crippen LogP contribution in [0.1, 0.15) is 42.5 Å². The molecule has 1 N–H and O–H groups in total. The number of carbonyl (C=O) groups is 1. The number of hydrogen-bond donors (Lipinski definition) is 1. The second-order valence-electron chi connectivity index (χ2n) is 9.75. The highest BCUT2D eigenvalue weighted by Crippen LogP contribution is 2.39. The molecule has 0 aliphatic carbocycles. The number of pyridine rings is 3. The molecule has 2 atom stereocenters. The fraction of sp³-hybridized carbons (Fsp3) is 0.407. The zero-order valence-corrected chi connectivity index (χ0v) is 21.3. The summed E-state index contributed by atoms with van der Waals surface area (Å²) in [4.78, 5) is 27.9. The Morgan fingerprint density at radius 3 is 2.76 bits per heavy atom. The molecule has 2 aliphatic rings. The maximum Gasteiger partial charge on any atom is 0.388 e. The standard InChI is InChI=1S/C27H28F3N5O3/c1-15(18-12-23(37-3)31-13-20(18)28)25(36)35-10-9-27(14-35)8-7-17-11-19(16(2)32-24(17)34-27)21-5-4-6-22(33-21)38-26(29)30/h4-6,11-13,15,26H,7-10,14H2,1-3H3,(H,32,34)/t15-,27+/m1/s1. The maximum atomic E-state index is 14.4. The number of ether oxygens (including phenoxy) is 2. The Kier molecular flexibility index (Phi) is 6.85. The van der Waals surface area contributed by atoms with Crippen LogP contribution in [0.4, 0.5) is 19.0 Å². The highest BCUT2D eigenvalue weighted by molar-refractivity contribution is 5.84. The molecule has 38 heavy (non-hydrogen) atoms. The van der Waals surface area contributed by atoms with Gasteiger partial charge < -0.3 is 19.7 Å². The van der Waals surface area contributed by atoms with Gasteiger partial charge in [0.25, 0.3) is 0 Å². The van der Waals surface area contributed by atoms with Crippen LogP contribution in [-0.4, -0.2) is 58.1 Å². The third kappa shape index (κ3) is 4.97. The molecule has 8 nitrogen and oxygen atoms in total. The van der Waals surface area contributed by atoms with Gasteiger partial charge in [0, 0.05) is 42.0 Å². The number of amides is 1. The molecule has 1 saturated heterocycles. The van der Waals surface area contributed by atoms with Gasteiger partial charge in [-0.2, -0.15) is 8.78 Å². The molecule has 200 valence electrons. The molecule has 1 fully saturated rings. The van der Waals surface area contributed by atoms with E-state index in [-0.39, 0.29) is 28.8 Å². The number of fused-ring (bicyclic) bond motifs is 1. The Morgan fingerprint density at radius 1 is 1.18 bits per heavy atom. The zero-order chi connectivity index (χ0) is 27.0. The molecular formula is C27H28F3N5O3. The Morgan fingerprint density at radius 2 is 2.00 bits per heavy atom. The van der Waals surface area contributed by atoms with Gasteiger partial charge in [-0.25, -0.2) is 19.3 Å². The lowest BCUT2D eigenvalue weighted by molar-refractivity contribution is -0.131. The van der Waals surface area contributed by atoms with Crippen LogP contribution in [0.15, 0.2) is 36.5 Å². The number of nitrogens with one attached hydrogen (secondary N) is 1. The molecule has 11 heteroatoms. The van der Waals surface area contributed by atoms with Crippen molar-refractivity contribution in [3.8, 4) is 23.0 Å². The highest BCUT2D eigenvalue weighted by atomic mass is 19.3. The summed E-state index contributed by atoms with van der Waals surface area (Å²) in [6.07, 6.45) is 3.32. The minimum atomic E-state index is -2.95.